The number of sulfone groups is 1. The topological polar surface area (TPSA) is 137 Å². The van der Waals surface area contributed by atoms with E-state index in [1.165, 1.54) is 0 Å². The molecule has 160 valence electrons. The van der Waals surface area contributed by atoms with Gasteiger partial charge in [-0.2, -0.15) is 0 Å². The summed E-state index contributed by atoms with van der Waals surface area (Å²) in [6, 6.07) is -1.36. The Balaban J connectivity index is 0. The standard InChI is InChI=1S/C16H31N3O6S.ClH/c1-6-7-9-24-15(21)19-13(14(20)25-16(3,4)5)11-26(22,23)10-8-18-12(2)17;/h13H,6-11H2,1-5H3,(H2,17,18)(H,19,21);1H. The second-order valence-corrected chi connectivity index (χ2v) is 9.09. The van der Waals surface area contributed by atoms with Crippen LogP contribution < -0.4 is 11.1 Å². The monoisotopic (exact) mass is 429 g/mol. The minimum absolute atomic E-state index is 0. The summed E-state index contributed by atoms with van der Waals surface area (Å²) >= 11 is 0. The largest absolute Gasteiger partial charge is 0.458 e. The van der Waals surface area contributed by atoms with Gasteiger partial charge >= 0.3 is 12.1 Å². The summed E-state index contributed by atoms with van der Waals surface area (Å²) in [7, 11) is -3.68. The zero-order valence-electron chi connectivity index (χ0n) is 16.6. The Kier molecular flexibility index (Phi) is 13.1. The van der Waals surface area contributed by atoms with Crippen molar-refractivity contribution >= 4 is 40.1 Å². The van der Waals surface area contributed by atoms with Crippen LogP contribution in [-0.4, -0.2) is 62.6 Å². The molecule has 27 heavy (non-hydrogen) atoms. The molecule has 1 atom stereocenters. The third-order valence-electron chi connectivity index (χ3n) is 2.90. The van der Waals surface area contributed by atoms with E-state index in [2.05, 4.69) is 10.3 Å². The number of nitrogens with zero attached hydrogens (tertiary/aromatic N) is 1. The number of carbonyl (C=O) groups excluding carboxylic acids is 2. The molecule has 1 amide bonds. The molecule has 1 unspecified atom stereocenters. The van der Waals surface area contributed by atoms with Crippen LogP contribution in [0.15, 0.2) is 4.99 Å². The Morgan fingerprint density at radius 1 is 1.26 bits per heavy atom. The number of amides is 1. The quantitative estimate of drug-likeness (QED) is 0.232. The van der Waals surface area contributed by atoms with Crippen LogP contribution in [0.1, 0.15) is 47.5 Å². The van der Waals surface area contributed by atoms with Gasteiger partial charge in [0.05, 0.1) is 30.5 Å². The van der Waals surface area contributed by atoms with Crippen LogP contribution in [0.2, 0.25) is 0 Å². The molecule has 0 radical (unpaired) electrons. The Morgan fingerprint density at radius 2 is 1.85 bits per heavy atom. The summed E-state index contributed by atoms with van der Waals surface area (Å²) < 4.78 is 34.6. The first-order valence-corrected chi connectivity index (χ1v) is 10.3. The first kappa shape index (κ1) is 27.7. The molecule has 9 nitrogen and oxygen atoms in total. The Bertz CT molecular complexity index is 598. The lowest BCUT2D eigenvalue weighted by Gasteiger charge is -2.24. The highest BCUT2D eigenvalue weighted by Gasteiger charge is 2.31. The van der Waals surface area contributed by atoms with Crippen molar-refractivity contribution in [2.24, 2.45) is 10.7 Å². The molecule has 0 aliphatic carbocycles. The molecular formula is C16H32ClN3O6S. The maximum Gasteiger partial charge on any atom is 0.407 e. The average Bonchev–Trinajstić information content (AvgIpc) is 2.44. The summed E-state index contributed by atoms with van der Waals surface area (Å²) in [6.07, 6.45) is 0.637. The van der Waals surface area contributed by atoms with Crippen LogP contribution in [0.25, 0.3) is 0 Å². The van der Waals surface area contributed by atoms with Crippen molar-refractivity contribution in [1.82, 2.24) is 5.32 Å². The van der Waals surface area contributed by atoms with E-state index >= 15 is 0 Å². The van der Waals surface area contributed by atoms with Gasteiger partial charge in [0.2, 0.25) is 0 Å². The number of amidine groups is 1. The minimum atomic E-state index is -3.68. The molecule has 0 fully saturated rings. The average molecular weight is 430 g/mol. The second kappa shape index (κ2) is 12.8. The summed E-state index contributed by atoms with van der Waals surface area (Å²) in [5.74, 6) is -1.48. The number of esters is 1. The third-order valence-corrected chi connectivity index (χ3v) is 4.54. The molecule has 3 N–H and O–H groups in total. The zero-order chi connectivity index (χ0) is 20.4. The number of rotatable bonds is 10. The SMILES string of the molecule is CCCCOC(=O)NC(CS(=O)(=O)CCN=C(C)N)C(=O)OC(C)(C)C.Cl. The first-order valence-electron chi connectivity index (χ1n) is 8.49. The summed E-state index contributed by atoms with van der Waals surface area (Å²) in [4.78, 5) is 27.9. The van der Waals surface area contributed by atoms with Gasteiger partial charge in [-0.25, -0.2) is 18.0 Å². The highest BCUT2D eigenvalue weighted by molar-refractivity contribution is 7.91. The lowest BCUT2D eigenvalue weighted by atomic mass is 10.2. The smallest absolute Gasteiger partial charge is 0.407 e. The van der Waals surface area contributed by atoms with Crippen LogP contribution in [0, 0.1) is 0 Å². The van der Waals surface area contributed by atoms with Gasteiger partial charge < -0.3 is 20.5 Å². The minimum Gasteiger partial charge on any atom is -0.458 e. The van der Waals surface area contributed by atoms with Crippen LogP contribution in [0.4, 0.5) is 4.79 Å². The number of hydrogen-bond donors (Lipinski definition) is 2. The normalized spacial score (nSPS) is 13.3. The molecule has 11 heteroatoms. The molecule has 0 bridgehead atoms. The third kappa shape index (κ3) is 15.2. The van der Waals surface area contributed by atoms with Gasteiger partial charge in [0, 0.05) is 0 Å². The second-order valence-electron chi connectivity index (χ2n) is 6.86. The Morgan fingerprint density at radius 3 is 2.33 bits per heavy atom. The lowest BCUT2D eigenvalue weighted by molar-refractivity contribution is -0.156. The molecule has 0 aliphatic rings. The first-order chi connectivity index (χ1) is 11.9. The van der Waals surface area contributed by atoms with E-state index in [9.17, 15) is 18.0 Å². The molecule has 0 spiro atoms. The highest BCUT2D eigenvalue weighted by atomic mass is 35.5. The van der Waals surface area contributed by atoms with Crippen molar-refractivity contribution in [3.8, 4) is 0 Å². The van der Waals surface area contributed by atoms with Gasteiger partial charge in [0.15, 0.2) is 9.84 Å². The van der Waals surface area contributed by atoms with Crippen molar-refractivity contribution < 1.29 is 27.5 Å². The van der Waals surface area contributed by atoms with Crippen LogP contribution in [0.5, 0.6) is 0 Å². The number of aliphatic imine (C=N–C) groups is 1. The molecule has 0 saturated heterocycles. The fraction of sp³-hybridized carbons (Fsp3) is 0.812. The number of alkyl carbamates (subject to hydrolysis) is 1. The molecule has 0 rings (SSSR count). The van der Waals surface area contributed by atoms with Crippen molar-refractivity contribution in [2.75, 3.05) is 24.7 Å². The van der Waals surface area contributed by atoms with Crippen LogP contribution >= 0.6 is 12.4 Å². The van der Waals surface area contributed by atoms with Gasteiger partial charge in [-0.3, -0.25) is 4.99 Å². The molecular weight excluding hydrogens is 398 g/mol. The molecule has 0 aliphatic heterocycles. The van der Waals surface area contributed by atoms with E-state index in [0.717, 1.165) is 6.42 Å². The summed E-state index contributed by atoms with van der Waals surface area (Å²) in [6.45, 7) is 8.58. The van der Waals surface area contributed by atoms with E-state index in [4.69, 9.17) is 15.2 Å². The van der Waals surface area contributed by atoms with E-state index in [1.807, 2.05) is 6.92 Å². The summed E-state index contributed by atoms with van der Waals surface area (Å²) in [5, 5.41) is 2.28. The van der Waals surface area contributed by atoms with E-state index in [0.29, 0.717) is 6.42 Å². The number of ether oxygens (including phenoxy) is 2. The zero-order valence-corrected chi connectivity index (χ0v) is 18.2. The van der Waals surface area contributed by atoms with Gasteiger partial charge in [-0.05, 0) is 34.1 Å². The molecule has 0 aromatic heterocycles. The molecule has 0 aromatic rings. The fourth-order valence-corrected chi connectivity index (χ4v) is 3.00. The lowest BCUT2D eigenvalue weighted by Crippen LogP contribution is -2.48. The number of carbonyl (C=O) groups is 2. The Hall–Kier alpha value is -1.55. The number of hydrogen-bond acceptors (Lipinski definition) is 7. The number of nitrogens with one attached hydrogen (secondary N) is 1. The molecule has 0 aromatic carbocycles. The van der Waals surface area contributed by atoms with Crippen LogP contribution in [0.3, 0.4) is 0 Å². The van der Waals surface area contributed by atoms with E-state index < -0.39 is 39.3 Å². The van der Waals surface area contributed by atoms with Crippen molar-refractivity contribution in [3.63, 3.8) is 0 Å². The number of nitrogens with two attached hydrogens (primary N) is 1. The van der Waals surface area contributed by atoms with E-state index in [1.54, 1.807) is 27.7 Å². The van der Waals surface area contributed by atoms with Gasteiger partial charge in [0.25, 0.3) is 0 Å². The van der Waals surface area contributed by atoms with Crippen molar-refractivity contribution in [1.29, 1.82) is 0 Å². The van der Waals surface area contributed by atoms with Gasteiger partial charge in [0.1, 0.15) is 11.6 Å². The van der Waals surface area contributed by atoms with Gasteiger partial charge in [-0.1, -0.05) is 13.3 Å². The van der Waals surface area contributed by atoms with Crippen molar-refractivity contribution in [3.05, 3.63) is 0 Å². The molecule has 0 saturated carbocycles. The predicted molar refractivity (Wildman–Crippen MR) is 107 cm³/mol. The predicted octanol–water partition coefficient (Wildman–Crippen LogP) is 1.44. The fourth-order valence-electron chi connectivity index (χ4n) is 1.73. The summed E-state index contributed by atoms with van der Waals surface area (Å²) in [5.41, 5.74) is 4.55. The van der Waals surface area contributed by atoms with Gasteiger partial charge in [-0.15, -0.1) is 12.4 Å². The van der Waals surface area contributed by atoms with Crippen LogP contribution in [-0.2, 0) is 24.1 Å². The Labute approximate surface area is 167 Å². The number of unbranched alkanes of at least 4 members (excludes halogenated alkanes) is 1. The molecule has 0 heterocycles. The number of halogens is 1. The maximum absolute atomic E-state index is 12.3. The van der Waals surface area contributed by atoms with Crippen molar-refractivity contribution in [2.45, 2.75) is 59.1 Å². The highest BCUT2D eigenvalue weighted by Crippen LogP contribution is 2.10. The van der Waals surface area contributed by atoms with E-state index in [-0.39, 0.29) is 37.1 Å². The maximum atomic E-state index is 12.3.